The van der Waals surface area contributed by atoms with E-state index < -0.39 is 0 Å². The minimum absolute atomic E-state index is 0.130. The number of aryl methyl sites for hydroxylation is 1. The van der Waals surface area contributed by atoms with Gasteiger partial charge in [-0.2, -0.15) is 5.10 Å². The van der Waals surface area contributed by atoms with Crippen molar-refractivity contribution < 1.29 is 9.59 Å². The first-order valence-corrected chi connectivity index (χ1v) is 8.35. The van der Waals surface area contributed by atoms with Crippen molar-refractivity contribution in [1.82, 2.24) is 19.6 Å². The Morgan fingerprint density at radius 2 is 1.87 bits per heavy atom. The van der Waals surface area contributed by atoms with Crippen molar-refractivity contribution in [2.45, 2.75) is 40.2 Å². The molecule has 128 valence electrons. The van der Waals surface area contributed by atoms with Gasteiger partial charge in [0.15, 0.2) is 0 Å². The van der Waals surface area contributed by atoms with Crippen LogP contribution in [0.2, 0.25) is 0 Å². The third kappa shape index (κ3) is 4.97. The molecule has 7 nitrogen and oxygen atoms in total. The predicted octanol–water partition coefficient (Wildman–Crippen LogP) is 2.02. The van der Waals surface area contributed by atoms with Crippen LogP contribution < -0.4 is 5.32 Å². The van der Waals surface area contributed by atoms with Gasteiger partial charge in [0.1, 0.15) is 0 Å². The number of urea groups is 1. The second-order valence-corrected chi connectivity index (χ2v) is 6.32. The summed E-state index contributed by atoms with van der Waals surface area (Å²) in [4.78, 5) is 27.9. The summed E-state index contributed by atoms with van der Waals surface area (Å²) in [6.07, 6.45) is 4.97. The molecule has 2 rings (SSSR count). The molecule has 1 aromatic rings. The highest BCUT2D eigenvalue weighted by atomic mass is 16.2. The van der Waals surface area contributed by atoms with Gasteiger partial charge in [-0.1, -0.05) is 13.8 Å². The fraction of sp³-hybridized carbons (Fsp3) is 0.688. The van der Waals surface area contributed by atoms with E-state index in [0.29, 0.717) is 44.2 Å². The van der Waals surface area contributed by atoms with E-state index in [1.807, 2.05) is 18.0 Å². The number of anilines is 1. The molecule has 23 heavy (non-hydrogen) atoms. The number of hydrogen-bond acceptors (Lipinski definition) is 3. The van der Waals surface area contributed by atoms with Gasteiger partial charge in [0, 0.05) is 45.3 Å². The Balaban J connectivity index is 1.77. The minimum atomic E-state index is -0.130. The lowest BCUT2D eigenvalue weighted by Gasteiger charge is -2.34. The van der Waals surface area contributed by atoms with Gasteiger partial charge >= 0.3 is 6.03 Å². The summed E-state index contributed by atoms with van der Waals surface area (Å²) >= 11 is 0. The van der Waals surface area contributed by atoms with E-state index >= 15 is 0 Å². The number of rotatable bonds is 5. The smallest absolute Gasteiger partial charge is 0.322 e. The van der Waals surface area contributed by atoms with Gasteiger partial charge in [-0.3, -0.25) is 9.48 Å². The zero-order valence-corrected chi connectivity index (χ0v) is 14.3. The summed E-state index contributed by atoms with van der Waals surface area (Å²) in [6.45, 7) is 9.37. The first kappa shape index (κ1) is 17.3. The van der Waals surface area contributed by atoms with E-state index in [9.17, 15) is 9.59 Å². The third-order valence-electron chi connectivity index (χ3n) is 4.06. The number of amides is 3. The largest absolute Gasteiger partial charge is 0.339 e. The lowest BCUT2D eigenvalue weighted by Crippen LogP contribution is -2.51. The monoisotopic (exact) mass is 321 g/mol. The number of carbonyl (C=O) groups is 2. The van der Waals surface area contributed by atoms with Crippen LogP contribution in [-0.4, -0.2) is 57.7 Å². The van der Waals surface area contributed by atoms with Crippen molar-refractivity contribution >= 4 is 17.6 Å². The summed E-state index contributed by atoms with van der Waals surface area (Å²) in [6, 6.07) is -0.130. The molecule has 2 heterocycles. The van der Waals surface area contributed by atoms with Gasteiger partial charge in [-0.15, -0.1) is 0 Å². The summed E-state index contributed by atoms with van der Waals surface area (Å²) < 4.78 is 1.76. The Labute approximate surface area is 137 Å². The number of hydrogen-bond donors (Lipinski definition) is 1. The summed E-state index contributed by atoms with van der Waals surface area (Å²) in [5.74, 6) is 0.734. The van der Waals surface area contributed by atoms with Gasteiger partial charge in [0.2, 0.25) is 5.91 Å². The number of nitrogens with zero attached hydrogens (tertiary/aromatic N) is 4. The van der Waals surface area contributed by atoms with Gasteiger partial charge in [0.05, 0.1) is 11.9 Å². The van der Waals surface area contributed by atoms with Gasteiger partial charge in [-0.05, 0) is 19.3 Å². The molecule has 0 unspecified atom stereocenters. The SMILES string of the molecule is CCn1cc(NC(=O)N2CCN(C(=O)CCC(C)C)CC2)cn1. The highest BCUT2D eigenvalue weighted by Gasteiger charge is 2.24. The van der Waals surface area contributed by atoms with Gasteiger partial charge < -0.3 is 15.1 Å². The van der Waals surface area contributed by atoms with Crippen LogP contribution in [0.1, 0.15) is 33.6 Å². The summed E-state index contributed by atoms with van der Waals surface area (Å²) in [5.41, 5.74) is 0.701. The van der Waals surface area contributed by atoms with Crippen LogP contribution in [0.15, 0.2) is 12.4 Å². The molecule has 7 heteroatoms. The van der Waals surface area contributed by atoms with Crippen molar-refractivity contribution in [2.24, 2.45) is 5.92 Å². The molecule has 3 amide bonds. The first-order valence-electron chi connectivity index (χ1n) is 8.35. The molecule has 1 aliphatic heterocycles. The van der Waals surface area contributed by atoms with Crippen LogP contribution in [0.3, 0.4) is 0 Å². The van der Waals surface area contributed by atoms with Crippen molar-refractivity contribution in [3.05, 3.63) is 12.4 Å². The molecule has 0 atom stereocenters. The van der Waals surface area contributed by atoms with Crippen molar-refractivity contribution in [1.29, 1.82) is 0 Å². The van der Waals surface area contributed by atoms with Crippen LogP contribution >= 0.6 is 0 Å². The molecule has 1 aromatic heterocycles. The molecule has 0 bridgehead atoms. The quantitative estimate of drug-likeness (QED) is 0.902. The number of nitrogens with one attached hydrogen (secondary N) is 1. The summed E-state index contributed by atoms with van der Waals surface area (Å²) in [7, 11) is 0. The molecular formula is C16H27N5O2. The first-order chi connectivity index (χ1) is 11.0. The van der Waals surface area contributed by atoms with Gasteiger partial charge in [-0.25, -0.2) is 4.79 Å². The Hall–Kier alpha value is -2.05. The zero-order chi connectivity index (χ0) is 16.8. The van der Waals surface area contributed by atoms with E-state index in [-0.39, 0.29) is 11.9 Å². The Kier molecular flexibility index (Phi) is 6.01. The standard InChI is InChI=1S/C16H27N5O2/c1-4-21-12-14(11-17-21)18-16(23)20-9-7-19(8-10-20)15(22)6-5-13(2)3/h11-13H,4-10H2,1-3H3,(H,18,23). The van der Waals surface area contributed by atoms with Crippen LogP contribution in [-0.2, 0) is 11.3 Å². The number of piperazine rings is 1. The fourth-order valence-electron chi connectivity index (χ4n) is 2.53. The van der Waals surface area contributed by atoms with Crippen LogP contribution in [0.5, 0.6) is 0 Å². The maximum atomic E-state index is 12.2. The summed E-state index contributed by atoms with van der Waals surface area (Å²) in [5, 5.41) is 6.98. The minimum Gasteiger partial charge on any atom is -0.339 e. The maximum Gasteiger partial charge on any atom is 0.322 e. The van der Waals surface area contributed by atoms with Crippen molar-refractivity contribution in [2.75, 3.05) is 31.5 Å². The average Bonchev–Trinajstić information content (AvgIpc) is 3.00. The fourth-order valence-corrected chi connectivity index (χ4v) is 2.53. The molecule has 1 fully saturated rings. The molecular weight excluding hydrogens is 294 g/mol. The topological polar surface area (TPSA) is 70.5 Å². The highest BCUT2D eigenvalue weighted by molar-refractivity contribution is 5.89. The van der Waals surface area contributed by atoms with Crippen LogP contribution in [0, 0.1) is 5.92 Å². The molecule has 0 aliphatic carbocycles. The van der Waals surface area contributed by atoms with E-state index in [0.717, 1.165) is 13.0 Å². The molecule has 1 aliphatic rings. The lowest BCUT2D eigenvalue weighted by atomic mass is 10.1. The average molecular weight is 321 g/mol. The van der Waals surface area contributed by atoms with E-state index in [1.54, 1.807) is 15.8 Å². The maximum absolute atomic E-state index is 12.2. The van der Waals surface area contributed by atoms with E-state index in [1.165, 1.54) is 0 Å². The van der Waals surface area contributed by atoms with Crippen molar-refractivity contribution in [3.63, 3.8) is 0 Å². The number of aromatic nitrogens is 2. The van der Waals surface area contributed by atoms with E-state index in [2.05, 4.69) is 24.3 Å². The number of carbonyl (C=O) groups excluding carboxylic acids is 2. The van der Waals surface area contributed by atoms with Gasteiger partial charge in [0.25, 0.3) is 0 Å². The second kappa shape index (κ2) is 7.99. The molecule has 1 saturated heterocycles. The normalized spacial score (nSPS) is 15.1. The Bertz CT molecular complexity index is 532. The van der Waals surface area contributed by atoms with E-state index in [4.69, 9.17) is 0 Å². The molecule has 0 spiro atoms. The third-order valence-corrected chi connectivity index (χ3v) is 4.06. The Morgan fingerprint density at radius 3 is 2.43 bits per heavy atom. The molecule has 0 radical (unpaired) electrons. The Morgan fingerprint density at radius 1 is 1.22 bits per heavy atom. The van der Waals surface area contributed by atoms with Crippen molar-refractivity contribution in [3.8, 4) is 0 Å². The zero-order valence-electron chi connectivity index (χ0n) is 14.3. The molecule has 0 saturated carbocycles. The second-order valence-electron chi connectivity index (χ2n) is 6.32. The van der Waals surface area contributed by atoms with Crippen LogP contribution in [0.4, 0.5) is 10.5 Å². The predicted molar refractivity (Wildman–Crippen MR) is 89.1 cm³/mol. The van der Waals surface area contributed by atoms with Crippen LogP contribution in [0.25, 0.3) is 0 Å². The lowest BCUT2D eigenvalue weighted by molar-refractivity contribution is -0.132. The highest BCUT2D eigenvalue weighted by Crippen LogP contribution is 2.11. The molecule has 1 N–H and O–H groups in total. The molecule has 0 aromatic carbocycles.